The Morgan fingerprint density at radius 3 is 2.67 bits per heavy atom. The summed E-state index contributed by atoms with van der Waals surface area (Å²) < 4.78 is 0. The van der Waals surface area contributed by atoms with Crippen molar-refractivity contribution < 1.29 is 9.59 Å². The Kier molecular flexibility index (Phi) is 10.00. The van der Waals surface area contributed by atoms with E-state index in [0.717, 1.165) is 23.4 Å². The van der Waals surface area contributed by atoms with Gasteiger partial charge in [0.05, 0.1) is 5.69 Å². The van der Waals surface area contributed by atoms with Crippen LogP contribution in [-0.4, -0.2) is 23.7 Å². The topological polar surface area (TPSA) is 84.2 Å². The number of carbonyl (C=O) groups is 2. The first-order valence-corrected chi connectivity index (χ1v) is 9.59. The summed E-state index contributed by atoms with van der Waals surface area (Å²) >= 11 is 1.51. The van der Waals surface area contributed by atoms with E-state index in [1.807, 2.05) is 31.2 Å². The van der Waals surface area contributed by atoms with Crippen LogP contribution in [0, 0.1) is 0 Å². The van der Waals surface area contributed by atoms with Crippen molar-refractivity contribution in [3.8, 4) is 0 Å². The molecule has 0 aliphatic heterocycles. The summed E-state index contributed by atoms with van der Waals surface area (Å²) in [6.07, 6.45) is 6.11. The van der Waals surface area contributed by atoms with E-state index >= 15 is 0 Å². The van der Waals surface area contributed by atoms with Crippen LogP contribution in [0.2, 0.25) is 0 Å². The molecule has 1 aromatic rings. The zero-order valence-corrected chi connectivity index (χ0v) is 15.5. The third-order valence-electron chi connectivity index (χ3n) is 3.61. The van der Waals surface area contributed by atoms with Gasteiger partial charge in [-0.25, -0.2) is 4.79 Å². The molecular weight excluding hydrogens is 322 g/mol. The number of nitrogens with one attached hydrogen (secondary N) is 2. The maximum atomic E-state index is 12.1. The highest BCUT2D eigenvalue weighted by molar-refractivity contribution is 7.99. The van der Waals surface area contributed by atoms with Crippen molar-refractivity contribution in [2.75, 3.05) is 11.1 Å². The lowest BCUT2D eigenvalue weighted by atomic mass is 10.1. The first-order valence-electron chi connectivity index (χ1n) is 8.60. The Balaban J connectivity index is 2.44. The zero-order valence-electron chi connectivity index (χ0n) is 14.6. The highest BCUT2D eigenvalue weighted by Crippen LogP contribution is 2.27. The predicted molar refractivity (Wildman–Crippen MR) is 101 cm³/mol. The Morgan fingerprint density at radius 2 is 1.96 bits per heavy atom. The van der Waals surface area contributed by atoms with Crippen molar-refractivity contribution >= 4 is 29.4 Å². The first-order chi connectivity index (χ1) is 11.5. The largest absolute Gasteiger partial charge is 0.370 e. The smallest absolute Gasteiger partial charge is 0.319 e. The normalized spacial score (nSPS) is 11.8. The number of urea groups is 1. The van der Waals surface area contributed by atoms with E-state index in [-0.39, 0.29) is 18.0 Å². The number of hydrogen-bond donors (Lipinski definition) is 3. The minimum atomic E-state index is -0.317. The fourth-order valence-corrected chi connectivity index (χ4v) is 3.26. The maximum absolute atomic E-state index is 12.1. The van der Waals surface area contributed by atoms with Gasteiger partial charge < -0.3 is 16.4 Å². The summed E-state index contributed by atoms with van der Waals surface area (Å²) in [6.45, 7) is 4.22. The van der Waals surface area contributed by atoms with Gasteiger partial charge in [0.25, 0.3) is 0 Å². The van der Waals surface area contributed by atoms with Gasteiger partial charge in [-0.2, -0.15) is 0 Å². The number of hydrogen-bond acceptors (Lipinski definition) is 3. The van der Waals surface area contributed by atoms with Gasteiger partial charge in [0.1, 0.15) is 0 Å². The lowest BCUT2D eigenvalue weighted by Crippen LogP contribution is -2.36. The second kappa shape index (κ2) is 11.8. The average molecular weight is 352 g/mol. The molecular formula is C18H29N3O2S. The average Bonchev–Trinajstić information content (AvgIpc) is 2.53. The van der Waals surface area contributed by atoms with E-state index in [1.165, 1.54) is 31.0 Å². The van der Waals surface area contributed by atoms with Crippen molar-refractivity contribution in [2.45, 2.75) is 63.3 Å². The van der Waals surface area contributed by atoms with Crippen LogP contribution in [0.15, 0.2) is 29.2 Å². The number of benzene rings is 1. The van der Waals surface area contributed by atoms with Crippen molar-refractivity contribution in [2.24, 2.45) is 5.73 Å². The highest BCUT2D eigenvalue weighted by atomic mass is 32.2. The Hall–Kier alpha value is -1.69. The summed E-state index contributed by atoms with van der Waals surface area (Å²) in [5, 5.41) is 5.87. The van der Waals surface area contributed by atoms with Gasteiger partial charge in [-0.3, -0.25) is 4.79 Å². The van der Waals surface area contributed by atoms with Crippen LogP contribution in [0.5, 0.6) is 0 Å². The molecule has 0 bridgehead atoms. The van der Waals surface area contributed by atoms with Crippen LogP contribution in [0.25, 0.3) is 0 Å². The van der Waals surface area contributed by atoms with Crippen LogP contribution < -0.4 is 16.4 Å². The third kappa shape index (κ3) is 8.82. The molecule has 0 aliphatic carbocycles. The van der Waals surface area contributed by atoms with Gasteiger partial charge in [-0.1, -0.05) is 44.7 Å². The van der Waals surface area contributed by atoms with Gasteiger partial charge in [0.2, 0.25) is 5.91 Å². The monoisotopic (exact) mass is 351 g/mol. The van der Waals surface area contributed by atoms with Gasteiger partial charge >= 0.3 is 6.03 Å². The Morgan fingerprint density at radius 1 is 1.21 bits per heavy atom. The van der Waals surface area contributed by atoms with Crippen LogP contribution in [0.1, 0.15) is 52.4 Å². The number of para-hydroxylation sites is 1. The molecule has 1 unspecified atom stereocenters. The number of unbranched alkanes of at least 4 members (excludes halogenated alkanes) is 3. The van der Waals surface area contributed by atoms with Crippen LogP contribution in [0.3, 0.4) is 0 Å². The van der Waals surface area contributed by atoms with Crippen LogP contribution in [0.4, 0.5) is 10.5 Å². The van der Waals surface area contributed by atoms with Gasteiger partial charge in [0.15, 0.2) is 0 Å². The highest BCUT2D eigenvalue weighted by Gasteiger charge is 2.10. The number of amides is 3. The summed E-state index contributed by atoms with van der Waals surface area (Å²) in [5.74, 6) is 0.284. The molecule has 3 amide bonds. The fraction of sp³-hybridized carbons (Fsp3) is 0.556. The Bertz CT molecular complexity index is 523. The molecule has 0 saturated heterocycles. The summed E-state index contributed by atoms with van der Waals surface area (Å²) in [4.78, 5) is 23.9. The molecule has 6 heteroatoms. The molecule has 24 heavy (non-hydrogen) atoms. The molecule has 0 aromatic heterocycles. The minimum Gasteiger partial charge on any atom is -0.370 e. The van der Waals surface area contributed by atoms with E-state index in [0.29, 0.717) is 12.2 Å². The molecule has 0 spiro atoms. The van der Waals surface area contributed by atoms with Gasteiger partial charge in [-0.05, 0) is 25.5 Å². The zero-order chi connectivity index (χ0) is 17.8. The molecule has 1 rings (SSSR count). The lowest BCUT2D eigenvalue weighted by molar-refractivity contribution is -0.117. The van der Waals surface area contributed by atoms with E-state index < -0.39 is 0 Å². The van der Waals surface area contributed by atoms with Crippen LogP contribution >= 0.6 is 11.8 Å². The molecule has 0 heterocycles. The molecule has 1 aromatic carbocycles. The maximum Gasteiger partial charge on any atom is 0.319 e. The third-order valence-corrected chi connectivity index (χ3v) is 4.68. The van der Waals surface area contributed by atoms with Crippen molar-refractivity contribution in [1.29, 1.82) is 0 Å². The first kappa shape index (κ1) is 20.4. The number of nitrogens with two attached hydrogens (primary N) is 1. The predicted octanol–water partition coefficient (Wildman–Crippen LogP) is 4.13. The second-order valence-corrected chi connectivity index (χ2v) is 7.05. The standard InChI is InChI=1S/C18H29N3O2S/c1-3-4-5-6-9-14(2)20-18(23)21-15-10-7-8-11-16(15)24-13-12-17(19)22/h7-8,10-11,14H,3-6,9,12-13H2,1-2H3,(H2,19,22)(H2,20,21,23). The SMILES string of the molecule is CCCCCCC(C)NC(=O)Nc1ccccc1SCCC(N)=O. The number of carbonyl (C=O) groups excluding carboxylic acids is 2. The number of thioether (sulfide) groups is 1. The van der Waals surface area contributed by atoms with Crippen molar-refractivity contribution in [3.05, 3.63) is 24.3 Å². The molecule has 4 N–H and O–H groups in total. The molecule has 0 fully saturated rings. The van der Waals surface area contributed by atoms with Crippen molar-refractivity contribution in [1.82, 2.24) is 5.32 Å². The summed E-state index contributed by atoms with van der Waals surface area (Å²) in [7, 11) is 0. The van der Waals surface area contributed by atoms with E-state index in [4.69, 9.17) is 5.73 Å². The number of rotatable bonds is 11. The van der Waals surface area contributed by atoms with Crippen molar-refractivity contribution in [3.63, 3.8) is 0 Å². The quantitative estimate of drug-likeness (QED) is 0.414. The molecule has 0 radical (unpaired) electrons. The van der Waals surface area contributed by atoms with E-state index in [9.17, 15) is 9.59 Å². The number of anilines is 1. The van der Waals surface area contributed by atoms with E-state index in [1.54, 1.807) is 0 Å². The van der Waals surface area contributed by atoms with Gasteiger partial charge in [0, 0.05) is 23.1 Å². The lowest BCUT2D eigenvalue weighted by Gasteiger charge is -2.16. The molecule has 5 nitrogen and oxygen atoms in total. The second-order valence-electron chi connectivity index (χ2n) is 5.91. The molecule has 134 valence electrons. The Labute approximate surface area is 149 Å². The molecule has 1 atom stereocenters. The van der Waals surface area contributed by atoms with Crippen LogP contribution in [-0.2, 0) is 4.79 Å². The fourth-order valence-electron chi connectivity index (χ4n) is 2.29. The summed E-state index contributed by atoms with van der Waals surface area (Å²) in [5.41, 5.74) is 5.91. The van der Waals surface area contributed by atoms with E-state index in [2.05, 4.69) is 17.6 Å². The molecule has 0 aliphatic rings. The molecule has 0 saturated carbocycles. The summed E-state index contributed by atoms with van der Waals surface area (Å²) in [6, 6.07) is 7.53. The minimum absolute atomic E-state index is 0.150. The number of primary amides is 1. The van der Waals surface area contributed by atoms with Gasteiger partial charge in [-0.15, -0.1) is 11.8 Å².